The molecular formula is C25H30N4O2S. The van der Waals surface area contributed by atoms with Crippen LogP contribution in [0.25, 0.3) is 5.57 Å². The first-order valence-electron chi connectivity index (χ1n) is 10.9. The summed E-state index contributed by atoms with van der Waals surface area (Å²) in [6.45, 7) is 7.09. The van der Waals surface area contributed by atoms with Gasteiger partial charge >= 0.3 is 5.97 Å². The standard InChI is InChI=1S/C25H30N4O2S/c1-16-15-25(2,3)28(4)20-10-9-17(14-18(16)20)23-22(19-8-6-7-12-26-19)27-24(32)29(23)13-11-21(30)31-5/h6-10,12,14-15,22-23H,11,13H2,1-5H3,(H,27,32)/t22-,23+/m0/s1. The average Bonchev–Trinajstić information content (AvgIpc) is 3.12. The van der Waals surface area contributed by atoms with Crippen molar-refractivity contribution in [1.29, 1.82) is 0 Å². The molecule has 0 bridgehead atoms. The molecule has 2 aliphatic heterocycles. The molecular weight excluding hydrogens is 420 g/mol. The van der Waals surface area contributed by atoms with Crippen molar-refractivity contribution in [2.45, 2.75) is 44.8 Å². The number of fused-ring (bicyclic) bond motifs is 1. The summed E-state index contributed by atoms with van der Waals surface area (Å²) in [7, 11) is 3.54. The number of nitrogens with zero attached hydrogens (tertiary/aromatic N) is 3. The monoisotopic (exact) mass is 450 g/mol. The first-order chi connectivity index (χ1) is 15.2. The fraction of sp³-hybridized carbons (Fsp3) is 0.400. The molecule has 3 heterocycles. The number of carbonyl (C=O) groups excluding carboxylic acids is 1. The molecule has 0 amide bonds. The molecule has 6 nitrogen and oxygen atoms in total. The van der Waals surface area contributed by atoms with Gasteiger partial charge in [0.1, 0.15) is 0 Å². The van der Waals surface area contributed by atoms with Crippen LogP contribution < -0.4 is 10.2 Å². The van der Waals surface area contributed by atoms with Crippen LogP contribution in [-0.4, -0.2) is 47.2 Å². The summed E-state index contributed by atoms with van der Waals surface area (Å²) in [5, 5.41) is 4.06. The fourth-order valence-corrected chi connectivity index (χ4v) is 5.02. The molecule has 168 valence electrons. The second kappa shape index (κ2) is 8.54. The Morgan fingerprint density at radius 2 is 2.06 bits per heavy atom. The van der Waals surface area contributed by atoms with E-state index in [-0.39, 0.29) is 30.0 Å². The maximum absolute atomic E-state index is 11.9. The molecule has 0 saturated carbocycles. The van der Waals surface area contributed by atoms with Gasteiger partial charge in [-0.1, -0.05) is 18.2 Å². The van der Waals surface area contributed by atoms with E-state index in [2.05, 4.69) is 72.2 Å². The van der Waals surface area contributed by atoms with E-state index < -0.39 is 0 Å². The molecule has 2 aromatic rings. The normalized spacial score (nSPS) is 21.7. The summed E-state index contributed by atoms with van der Waals surface area (Å²) >= 11 is 5.69. The molecule has 0 unspecified atom stereocenters. The zero-order valence-electron chi connectivity index (χ0n) is 19.3. The number of carbonyl (C=O) groups is 1. The number of benzene rings is 1. The lowest BCUT2D eigenvalue weighted by Gasteiger charge is -2.41. The Bertz CT molecular complexity index is 1070. The second-order valence-electron chi connectivity index (χ2n) is 8.96. The van der Waals surface area contributed by atoms with Gasteiger partial charge < -0.3 is 19.9 Å². The maximum atomic E-state index is 11.9. The van der Waals surface area contributed by atoms with E-state index in [0.717, 1.165) is 11.3 Å². The van der Waals surface area contributed by atoms with Crippen LogP contribution in [-0.2, 0) is 9.53 Å². The molecule has 4 rings (SSSR count). The Morgan fingerprint density at radius 1 is 1.28 bits per heavy atom. The van der Waals surface area contributed by atoms with Gasteiger partial charge in [-0.2, -0.15) is 0 Å². The number of thiocarbonyl (C=S) groups is 1. The SMILES string of the molecule is COC(=O)CCN1C(=S)N[C@@H](c2ccccn2)[C@H]1c1ccc2c(c1)C(C)=CC(C)(C)N2C. The van der Waals surface area contributed by atoms with Gasteiger partial charge in [-0.3, -0.25) is 9.78 Å². The molecule has 1 aromatic heterocycles. The molecule has 2 atom stereocenters. The summed E-state index contributed by atoms with van der Waals surface area (Å²) in [5.74, 6) is -0.249. The Kier molecular flexibility index (Phi) is 5.95. The Labute approximate surface area is 195 Å². The molecule has 1 aromatic carbocycles. The number of esters is 1. The lowest BCUT2D eigenvalue weighted by molar-refractivity contribution is -0.140. The highest BCUT2D eigenvalue weighted by molar-refractivity contribution is 7.80. The molecule has 1 N–H and O–H groups in total. The van der Waals surface area contributed by atoms with E-state index in [1.54, 1.807) is 6.20 Å². The number of ether oxygens (including phenoxy) is 1. The minimum absolute atomic E-state index is 0.0435. The Morgan fingerprint density at radius 3 is 2.75 bits per heavy atom. The summed E-state index contributed by atoms with van der Waals surface area (Å²) in [5.41, 5.74) is 5.70. The number of hydrogen-bond donors (Lipinski definition) is 1. The van der Waals surface area contributed by atoms with Crippen molar-refractivity contribution < 1.29 is 9.53 Å². The summed E-state index contributed by atoms with van der Waals surface area (Å²) in [6.07, 6.45) is 4.37. The number of rotatable bonds is 5. The summed E-state index contributed by atoms with van der Waals surface area (Å²) < 4.78 is 4.86. The molecule has 0 radical (unpaired) electrons. The summed E-state index contributed by atoms with van der Waals surface area (Å²) in [6, 6.07) is 12.3. The average molecular weight is 451 g/mol. The largest absolute Gasteiger partial charge is 0.469 e. The van der Waals surface area contributed by atoms with Crippen molar-refractivity contribution in [1.82, 2.24) is 15.2 Å². The van der Waals surface area contributed by atoms with E-state index in [1.807, 2.05) is 18.2 Å². The van der Waals surface area contributed by atoms with Crippen molar-refractivity contribution in [3.8, 4) is 0 Å². The number of anilines is 1. The minimum atomic E-state index is -0.249. The van der Waals surface area contributed by atoms with Crippen molar-refractivity contribution in [3.63, 3.8) is 0 Å². The topological polar surface area (TPSA) is 57.7 Å². The van der Waals surface area contributed by atoms with Gasteiger partial charge in [0.05, 0.1) is 36.8 Å². The molecule has 1 saturated heterocycles. The predicted molar refractivity (Wildman–Crippen MR) is 131 cm³/mol. The Hall–Kier alpha value is -2.93. The minimum Gasteiger partial charge on any atom is -0.469 e. The van der Waals surface area contributed by atoms with E-state index in [0.29, 0.717) is 11.7 Å². The maximum Gasteiger partial charge on any atom is 0.307 e. The zero-order valence-corrected chi connectivity index (χ0v) is 20.1. The van der Waals surface area contributed by atoms with E-state index in [4.69, 9.17) is 17.0 Å². The molecule has 2 aliphatic rings. The van der Waals surface area contributed by atoms with Crippen molar-refractivity contribution in [2.24, 2.45) is 0 Å². The molecule has 7 heteroatoms. The number of aromatic nitrogens is 1. The third-order valence-electron chi connectivity index (χ3n) is 6.56. The van der Waals surface area contributed by atoms with Gasteiger partial charge in [0.15, 0.2) is 5.11 Å². The van der Waals surface area contributed by atoms with Gasteiger partial charge in [0.2, 0.25) is 0 Å². The third kappa shape index (κ3) is 3.97. The van der Waals surface area contributed by atoms with Crippen molar-refractivity contribution in [3.05, 3.63) is 65.5 Å². The molecule has 1 fully saturated rings. The highest BCUT2D eigenvalue weighted by Gasteiger charge is 2.40. The number of methoxy groups -OCH3 is 1. The number of hydrogen-bond acceptors (Lipinski definition) is 5. The van der Waals surface area contributed by atoms with Crippen molar-refractivity contribution in [2.75, 3.05) is 25.6 Å². The number of pyridine rings is 1. The van der Waals surface area contributed by atoms with Gasteiger partial charge in [-0.05, 0) is 68.4 Å². The van der Waals surface area contributed by atoms with E-state index in [9.17, 15) is 4.79 Å². The number of nitrogens with one attached hydrogen (secondary N) is 1. The highest BCUT2D eigenvalue weighted by Crippen LogP contribution is 2.43. The number of likely N-dealkylation sites (N-methyl/N-ethyl adjacent to an activating group) is 1. The van der Waals surface area contributed by atoms with Crippen LogP contribution in [0.1, 0.15) is 56.1 Å². The highest BCUT2D eigenvalue weighted by atomic mass is 32.1. The van der Waals surface area contributed by atoms with Crippen LogP contribution in [0.5, 0.6) is 0 Å². The molecule has 0 aliphatic carbocycles. The van der Waals surface area contributed by atoms with E-state index >= 15 is 0 Å². The van der Waals surface area contributed by atoms with Crippen molar-refractivity contribution >= 4 is 34.6 Å². The third-order valence-corrected chi connectivity index (χ3v) is 6.92. The van der Waals surface area contributed by atoms with Gasteiger partial charge in [0, 0.05) is 31.0 Å². The zero-order chi connectivity index (χ0) is 23.0. The fourth-order valence-electron chi connectivity index (χ4n) is 4.68. The van der Waals surface area contributed by atoms with Crippen LogP contribution in [0.2, 0.25) is 0 Å². The second-order valence-corrected chi connectivity index (χ2v) is 9.35. The van der Waals surface area contributed by atoms with E-state index in [1.165, 1.54) is 23.9 Å². The lowest BCUT2D eigenvalue weighted by atomic mass is 9.86. The lowest BCUT2D eigenvalue weighted by Crippen LogP contribution is -2.42. The van der Waals surface area contributed by atoms with Crippen LogP contribution in [0.4, 0.5) is 5.69 Å². The smallest absolute Gasteiger partial charge is 0.307 e. The predicted octanol–water partition coefficient (Wildman–Crippen LogP) is 4.25. The van der Waals surface area contributed by atoms with Gasteiger partial charge in [-0.15, -0.1) is 0 Å². The first-order valence-corrected chi connectivity index (χ1v) is 11.3. The molecule has 32 heavy (non-hydrogen) atoms. The van der Waals surface area contributed by atoms with Gasteiger partial charge in [-0.25, -0.2) is 0 Å². The Balaban J connectivity index is 1.77. The van der Waals surface area contributed by atoms with Crippen LogP contribution in [0.15, 0.2) is 48.7 Å². The van der Waals surface area contributed by atoms with Crippen LogP contribution >= 0.6 is 12.2 Å². The quantitative estimate of drug-likeness (QED) is 0.540. The van der Waals surface area contributed by atoms with Crippen LogP contribution in [0, 0.1) is 0 Å². The van der Waals surface area contributed by atoms with Gasteiger partial charge in [0.25, 0.3) is 0 Å². The molecule has 0 spiro atoms. The van der Waals surface area contributed by atoms with Crippen LogP contribution in [0.3, 0.4) is 0 Å². The summed E-state index contributed by atoms with van der Waals surface area (Å²) in [4.78, 5) is 20.8. The number of allylic oxidation sites excluding steroid dienone is 1. The first kappa shape index (κ1) is 22.3.